The summed E-state index contributed by atoms with van der Waals surface area (Å²) in [6.45, 7) is 17.6. The quantitative estimate of drug-likeness (QED) is 0.623. The highest BCUT2D eigenvalue weighted by molar-refractivity contribution is 7.91. The molecular weight excluding hydrogens is 386 g/mol. The first kappa shape index (κ1) is 25.4. The zero-order valence-electron chi connectivity index (χ0n) is 19.2. The first-order valence-electron chi connectivity index (χ1n) is 10.5. The van der Waals surface area contributed by atoms with Gasteiger partial charge in [0.15, 0.2) is 9.84 Å². The van der Waals surface area contributed by atoms with E-state index in [1.54, 1.807) is 17.0 Å². The molecule has 0 aromatic heterocycles. The lowest BCUT2D eigenvalue weighted by Crippen LogP contribution is -2.47. The van der Waals surface area contributed by atoms with Crippen LogP contribution in [0.15, 0.2) is 29.2 Å². The van der Waals surface area contributed by atoms with Gasteiger partial charge in [-0.2, -0.15) is 0 Å². The summed E-state index contributed by atoms with van der Waals surface area (Å²) in [5.74, 6) is -0.0937. The fraction of sp³-hybridized carbons (Fsp3) is 0.682. The average Bonchev–Trinajstić information content (AvgIpc) is 2.64. The number of hydrogen-bond acceptors (Lipinski definition) is 4. The molecule has 0 aliphatic heterocycles. The van der Waals surface area contributed by atoms with Crippen LogP contribution in [0.25, 0.3) is 0 Å². The number of nitrogens with one attached hydrogen (secondary N) is 1. The van der Waals surface area contributed by atoms with Crippen LogP contribution in [0.1, 0.15) is 54.0 Å². The van der Waals surface area contributed by atoms with Crippen LogP contribution in [-0.4, -0.2) is 68.8 Å². The second kappa shape index (κ2) is 11.0. The number of carbonyl (C=O) groups excluding carboxylic acids is 1. The summed E-state index contributed by atoms with van der Waals surface area (Å²) in [7, 11) is -3.46. The second-order valence-corrected chi connectivity index (χ2v) is 10.7. The molecule has 0 atom stereocenters. The van der Waals surface area contributed by atoms with E-state index in [4.69, 9.17) is 0 Å². The van der Waals surface area contributed by atoms with Crippen molar-refractivity contribution in [2.24, 2.45) is 0 Å². The lowest BCUT2D eigenvalue weighted by Gasteiger charge is -2.27. The Morgan fingerprint density at radius 3 is 2.03 bits per heavy atom. The molecule has 1 aromatic rings. The van der Waals surface area contributed by atoms with Crippen LogP contribution in [0, 0.1) is 0 Å². The van der Waals surface area contributed by atoms with Crippen LogP contribution in [0.3, 0.4) is 0 Å². The van der Waals surface area contributed by atoms with E-state index in [9.17, 15) is 13.2 Å². The van der Waals surface area contributed by atoms with Crippen molar-refractivity contribution in [3.63, 3.8) is 0 Å². The van der Waals surface area contributed by atoms with Gasteiger partial charge in [-0.05, 0) is 50.0 Å². The topological polar surface area (TPSA) is 69.7 Å². The Kier molecular flexibility index (Phi) is 9.62. The Labute approximate surface area is 177 Å². The maximum atomic E-state index is 12.8. The number of rotatable bonds is 10. The van der Waals surface area contributed by atoms with Crippen LogP contribution in [0.4, 0.5) is 4.79 Å². The van der Waals surface area contributed by atoms with Gasteiger partial charge in [0.05, 0.1) is 10.6 Å². The Morgan fingerprint density at radius 2 is 1.59 bits per heavy atom. The van der Waals surface area contributed by atoms with Crippen molar-refractivity contribution in [2.45, 2.75) is 64.8 Å². The Bertz CT molecular complexity index is 734. The summed E-state index contributed by atoms with van der Waals surface area (Å²) in [6, 6.07) is 6.77. The summed E-state index contributed by atoms with van der Waals surface area (Å²) >= 11 is 0. The van der Waals surface area contributed by atoms with Crippen molar-refractivity contribution in [3.05, 3.63) is 29.8 Å². The zero-order chi connectivity index (χ0) is 22.2. The van der Waals surface area contributed by atoms with E-state index in [2.05, 4.69) is 44.8 Å². The number of sulfone groups is 1. The van der Waals surface area contributed by atoms with Crippen molar-refractivity contribution in [1.29, 1.82) is 0 Å². The molecule has 0 unspecified atom stereocenters. The molecule has 0 fully saturated rings. The van der Waals surface area contributed by atoms with Crippen LogP contribution in [-0.2, 0) is 15.3 Å². The molecule has 0 bridgehead atoms. The first-order valence-corrected chi connectivity index (χ1v) is 12.2. The highest BCUT2D eigenvalue weighted by atomic mass is 32.2. The molecule has 0 heterocycles. The molecule has 2 amide bonds. The molecule has 0 spiro atoms. The summed E-state index contributed by atoms with van der Waals surface area (Å²) < 4.78 is 25.5. The Morgan fingerprint density at radius 1 is 1.03 bits per heavy atom. The average molecular weight is 426 g/mol. The third-order valence-corrected chi connectivity index (χ3v) is 6.87. The van der Waals surface area contributed by atoms with E-state index < -0.39 is 9.84 Å². The van der Waals surface area contributed by atoms with E-state index in [0.717, 1.165) is 25.2 Å². The third-order valence-electron chi connectivity index (χ3n) is 5.16. The molecule has 6 nitrogen and oxygen atoms in total. The molecule has 0 radical (unpaired) electrons. The van der Waals surface area contributed by atoms with Gasteiger partial charge in [0.1, 0.15) is 0 Å². The number of likely N-dealkylation sites (N-methyl/N-ethyl adjacent to an activating group) is 1. The van der Waals surface area contributed by atoms with Crippen molar-refractivity contribution in [1.82, 2.24) is 15.1 Å². The normalized spacial score (nSPS) is 12.4. The van der Waals surface area contributed by atoms with Gasteiger partial charge < -0.3 is 15.1 Å². The summed E-state index contributed by atoms with van der Waals surface area (Å²) in [6.07, 6.45) is 0. The number of amides is 2. The first-order chi connectivity index (χ1) is 13.4. The third kappa shape index (κ3) is 7.97. The molecule has 7 heteroatoms. The minimum Gasteiger partial charge on any atom is -0.337 e. The van der Waals surface area contributed by atoms with Crippen molar-refractivity contribution in [3.8, 4) is 0 Å². The predicted molar refractivity (Wildman–Crippen MR) is 120 cm³/mol. The van der Waals surface area contributed by atoms with E-state index in [1.165, 1.54) is 0 Å². The fourth-order valence-electron chi connectivity index (χ4n) is 3.06. The highest BCUT2D eigenvalue weighted by Gasteiger charge is 2.22. The predicted octanol–water partition coefficient (Wildman–Crippen LogP) is 3.52. The van der Waals surface area contributed by atoms with Crippen LogP contribution in [0.2, 0.25) is 0 Å². The molecule has 1 aromatic carbocycles. The minimum absolute atomic E-state index is 0.0278. The number of urea groups is 1. The van der Waals surface area contributed by atoms with E-state index in [1.807, 2.05) is 26.0 Å². The van der Waals surface area contributed by atoms with Gasteiger partial charge >= 0.3 is 6.03 Å². The molecular formula is C22H39N3O3S. The van der Waals surface area contributed by atoms with Gasteiger partial charge in [-0.1, -0.05) is 46.8 Å². The highest BCUT2D eigenvalue weighted by Crippen LogP contribution is 2.23. The van der Waals surface area contributed by atoms with Gasteiger partial charge in [-0.25, -0.2) is 13.2 Å². The number of carbonyl (C=O) groups is 1. The van der Waals surface area contributed by atoms with E-state index >= 15 is 0 Å². The minimum atomic E-state index is -3.46. The smallest absolute Gasteiger partial charge is 0.317 e. The Hall–Kier alpha value is -1.60. The summed E-state index contributed by atoms with van der Waals surface area (Å²) in [5, 5.41) is 2.91. The molecule has 0 saturated heterocycles. The van der Waals surface area contributed by atoms with Gasteiger partial charge in [0, 0.05) is 25.7 Å². The van der Waals surface area contributed by atoms with Crippen molar-refractivity contribution < 1.29 is 13.2 Å². The summed E-state index contributed by atoms with van der Waals surface area (Å²) in [5.41, 5.74) is 1.06. The van der Waals surface area contributed by atoms with Gasteiger partial charge in [0.25, 0.3) is 0 Å². The molecule has 29 heavy (non-hydrogen) atoms. The lowest BCUT2D eigenvalue weighted by atomic mass is 9.87. The molecule has 0 saturated carbocycles. The van der Waals surface area contributed by atoms with Crippen LogP contribution in [0.5, 0.6) is 0 Å². The molecule has 1 N–H and O–H groups in total. The molecule has 1 rings (SSSR count). The van der Waals surface area contributed by atoms with Crippen LogP contribution >= 0.6 is 0 Å². The SMILES string of the molecule is CCN(CC)CCNC(=O)N(CCS(=O)(=O)c1ccc(C(C)(C)C)cc1)C(C)C. The lowest BCUT2D eigenvalue weighted by molar-refractivity contribution is 0.185. The monoisotopic (exact) mass is 425 g/mol. The zero-order valence-corrected chi connectivity index (χ0v) is 20.0. The van der Waals surface area contributed by atoms with Crippen LogP contribution < -0.4 is 5.32 Å². The standard InChI is InChI=1S/C22H39N3O3S/c1-8-24(9-2)15-14-23-21(26)25(18(3)4)16-17-29(27,28)20-12-10-19(11-13-20)22(5,6)7/h10-13,18H,8-9,14-17H2,1-7H3,(H,23,26). The summed E-state index contributed by atoms with van der Waals surface area (Å²) in [4.78, 5) is 16.7. The molecule has 0 aliphatic carbocycles. The number of hydrogen-bond donors (Lipinski definition) is 1. The largest absolute Gasteiger partial charge is 0.337 e. The van der Waals surface area contributed by atoms with E-state index in [0.29, 0.717) is 11.4 Å². The van der Waals surface area contributed by atoms with E-state index in [-0.39, 0.29) is 29.8 Å². The fourth-order valence-corrected chi connectivity index (χ4v) is 4.28. The Balaban J connectivity index is 2.73. The second-order valence-electron chi connectivity index (χ2n) is 8.64. The van der Waals surface area contributed by atoms with Crippen molar-refractivity contribution >= 4 is 15.9 Å². The molecule has 0 aliphatic rings. The van der Waals surface area contributed by atoms with Gasteiger partial charge in [0.2, 0.25) is 0 Å². The van der Waals surface area contributed by atoms with Gasteiger partial charge in [-0.15, -0.1) is 0 Å². The maximum absolute atomic E-state index is 12.8. The van der Waals surface area contributed by atoms with Crippen molar-refractivity contribution in [2.75, 3.05) is 38.5 Å². The molecule has 166 valence electrons. The number of benzene rings is 1. The van der Waals surface area contributed by atoms with Gasteiger partial charge in [-0.3, -0.25) is 0 Å². The maximum Gasteiger partial charge on any atom is 0.317 e. The number of nitrogens with zero attached hydrogens (tertiary/aromatic N) is 2.